The van der Waals surface area contributed by atoms with Crippen LogP contribution in [0.5, 0.6) is 0 Å². The summed E-state index contributed by atoms with van der Waals surface area (Å²) in [6, 6.07) is 1.44. The molecule has 72 valence electrons. The number of rotatable bonds is 2. The molecular weight excluding hydrogens is 293 g/mol. The van der Waals surface area contributed by atoms with E-state index in [1.807, 2.05) is 0 Å². The van der Waals surface area contributed by atoms with E-state index in [2.05, 4.69) is 4.98 Å². The number of aromatic nitrogens is 1. The molecule has 1 heterocycles. The second-order valence-electron chi connectivity index (χ2n) is 2.36. The summed E-state index contributed by atoms with van der Waals surface area (Å²) >= 11 is 1.79. The summed E-state index contributed by atoms with van der Waals surface area (Å²) in [6.45, 7) is -0.518. The lowest BCUT2D eigenvalue weighted by molar-refractivity contribution is 0.141. The molecular formula is C7H7F2IN2O. The lowest BCUT2D eigenvalue weighted by Gasteiger charge is -2.08. The van der Waals surface area contributed by atoms with E-state index in [0.29, 0.717) is 3.70 Å². The molecule has 0 aliphatic rings. The predicted octanol–water partition coefficient (Wildman–Crippen LogP) is 1.70. The molecule has 0 radical (unpaired) electrons. The van der Waals surface area contributed by atoms with Gasteiger partial charge in [0.2, 0.25) is 0 Å². The third-order valence-corrected chi connectivity index (χ3v) is 2.08. The molecule has 1 aromatic rings. The summed E-state index contributed by atoms with van der Waals surface area (Å²) in [5.74, 6) is 0. The Morgan fingerprint density at radius 3 is 2.69 bits per heavy atom. The average molecular weight is 300 g/mol. The van der Waals surface area contributed by atoms with Gasteiger partial charge in [-0.15, -0.1) is 0 Å². The topological polar surface area (TPSA) is 59.1 Å². The monoisotopic (exact) mass is 300 g/mol. The Morgan fingerprint density at radius 2 is 2.23 bits per heavy atom. The van der Waals surface area contributed by atoms with Crippen molar-refractivity contribution in [3.8, 4) is 0 Å². The largest absolute Gasteiger partial charge is 0.398 e. The Hall–Kier alpha value is -0.500. The third kappa shape index (κ3) is 2.25. The maximum Gasteiger partial charge on any atom is 0.280 e. The van der Waals surface area contributed by atoms with Gasteiger partial charge in [0.15, 0.2) is 0 Å². The summed E-state index contributed by atoms with van der Waals surface area (Å²) in [5, 5.41) is 8.78. The summed E-state index contributed by atoms with van der Waals surface area (Å²) in [6.07, 6.45) is -2.71. The van der Waals surface area contributed by atoms with Gasteiger partial charge in [-0.2, -0.15) is 0 Å². The SMILES string of the molecule is Nc1cc(I)nc(C(F)F)c1CO. The lowest BCUT2D eigenvalue weighted by atomic mass is 10.2. The third-order valence-electron chi connectivity index (χ3n) is 1.52. The van der Waals surface area contributed by atoms with Gasteiger partial charge in [-0.05, 0) is 28.7 Å². The van der Waals surface area contributed by atoms with Gasteiger partial charge >= 0.3 is 0 Å². The van der Waals surface area contributed by atoms with Gasteiger partial charge in [0.05, 0.1) is 6.61 Å². The van der Waals surface area contributed by atoms with E-state index in [0.717, 1.165) is 0 Å². The van der Waals surface area contributed by atoms with Crippen molar-refractivity contribution in [3.05, 3.63) is 21.0 Å². The molecule has 3 nitrogen and oxygen atoms in total. The molecule has 0 aliphatic carbocycles. The second kappa shape index (κ2) is 4.14. The highest BCUT2D eigenvalue weighted by Gasteiger charge is 2.17. The van der Waals surface area contributed by atoms with Crippen molar-refractivity contribution in [2.24, 2.45) is 0 Å². The molecule has 0 saturated carbocycles. The first-order valence-corrected chi connectivity index (χ1v) is 4.48. The number of aliphatic hydroxyl groups is 1. The van der Waals surface area contributed by atoms with Crippen molar-refractivity contribution in [1.82, 2.24) is 4.98 Å². The standard InChI is InChI=1S/C7H7F2IN2O/c8-7(9)6-3(2-13)4(11)1-5(10)12-6/h1,7,13H,2H2,(H2,11,12). The lowest BCUT2D eigenvalue weighted by Crippen LogP contribution is -2.05. The smallest absolute Gasteiger partial charge is 0.280 e. The molecule has 0 aliphatic heterocycles. The Kier molecular flexibility index (Phi) is 3.37. The number of nitrogens with zero attached hydrogens (tertiary/aromatic N) is 1. The van der Waals surface area contributed by atoms with Crippen LogP contribution in [0, 0.1) is 3.70 Å². The summed E-state index contributed by atoms with van der Waals surface area (Å²) in [4.78, 5) is 3.60. The van der Waals surface area contributed by atoms with E-state index >= 15 is 0 Å². The van der Waals surface area contributed by atoms with Gasteiger partial charge in [0, 0.05) is 11.3 Å². The van der Waals surface area contributed by atoms with Gasteiger partial charge < -0.3 is 10.8 Å². The van der Waals surface area contributed by atoms with Crippen molar-refractivity contribution >= 4 is 28.3 Å². The molecule has 0 aromatic carbocycles. The number of halogens is 3. The van der Waals surface area contributed by atoms with E-state index in [1.54, 1.807) is 22.6 Å². The Labute approximate surface area is 87.1 Å². The van der Waals surface area contributed by atoms with Crippen LogP contribution in [0.1, 0.15) is 17.7 Å². The second-order valence-corrected chi connectivity index (χ2v) is 3.46. The number of nitrogen functional groups attached to an aromatic ring is 1. The number of hydrogen-bond donors (Lipinski definition) is 2. The predicted molar refractivity (Wildman–Crippen MR) is 52.2 cm³/mol. The summed E-state index contributed by atoms with van der Waals surface area (Å²) in [5.41, 5.74) is 5.15. The molecule has 0 unspecified atom stereocenters. The van der Waals surface area contributed by atoms with Gasteiger partial charge in [-0.25, -0.2) is 13.8 Å². The highest BCUT2D eigenvalue weighted by Crippen LogP contribution is 2.26. The molecule has 0 saturated heterocycles. The minimum absolute atomic E-state index is 0.00964. The number of pyridine rings is 1. The first-order chi connectivity index (χ1) is 6.06. The van der Waals surface area contributed by atoms with E-state index in [1.165, 1.54) is 6.07 Å². The zero-order chi connectivity index (χ0) is 10.0. The van der Waals surface area contributed by atoms with Crippen molar-refractivity contribution in [2.75, 3.05) is 5.73 Å². The van der Waals surface area contributed by atoms with Crippen LogP contribution in [0.2, 0.25) is 0 Å². The fraction of sp³-hybridized carbons (Fsp3) is 0.286. The molecule has 1 aromatic heterocycles. The van der Waals surface area contributed by atoms with Crippen LogP contribution in [-0.2, 0) is 6.61 Å². The number of alkyl halides is 2. The number of hydrogen-bond acceptors (Lipinski definition) is 3. The molecule has 0 fully saturated rings. The van der Waals surface area contributed by atoms with Crippen molar-refractivity contribution in [2.45, 2.75) is 13.0 Å². The molecule has 0 bridgehead atoms. The van der Waals surface area contributed by atoms with Crippen molar-refractivity contribution in [1.29, 1.82) is 0 Å². The van der Waals surface area contributed by atoms with E-state index in [4.69, 9.17) is 10.8 Å². The van der Waals surface area contributed by atoms with E-state index < -0.39 is 18.7 Å². The Balaban J connectivity index is 3.29. The maximum atomic E-state index is 12.3. The Morgan fingerprint density at radius 1 is 1.62 bits per heavy atom. The maximum absolute atomic E-state index is 12.3. The first kappa shape index (κ1) is 10.6. The van der Waals surface area contributed by atoms with Crippen LogP contribution < -0.4 is 5.73 Å². The van der Waals surface area contributed by atoms with E-state index in [9.17, 15) is 8.78 Å². The van der Waals surface area contributed by atoms with Crippen LogP contribution in [0.3, 0.4) is 0 Å². The van der Waals surface area contributed by atoms with Crippen LogP contribution in [0.25, 0.3) is 0 Å². The quantitative estimate of drug-likeness (QED) is 0.645. The molecule has 6 heteroatoms. The zero-order valence-electron chi connectivity index (χ0n) is 6.47. The molecule has 0 spiro atoms. The van der Waals surface area contributed by atoms with Gasteiger partial charge in [0.1, 0.15) is 9.39 Å². The normalized spacial score (nSPS) is 10.8. The minimum atomic E-state index is -2.71. The van der Waals surface area contributed by atoms with Crippen molar-refractivity contribution in [3.63, 3.8) is 0 Å². The molecule has 13 heavy (non-hydrogen) atoms. The minimum Gasteiger partial charge on any atom is -0.398 e. The summed E-state index contributed by atoms with van der Waals surface area (Å²) < 4.78 is 25.1. The fourth-order valence-electron chi connectivity index (χ4n) is 0.931. The van der Waals surface area contributed by atoms with Crippen LogP contribution >= 0.6 is 22.6 Å². The summed E-state index contributed by atoms with van der Waals surface area (Å²) in [7, 11) is 0. The van der Waals surface area contributed by atoms with E-state index in [-0.39, 0.29) is 11.3 Å². The number of nitrogens with two attached hydrogens (primary N) is 1. The fourth-order valence-corrected chi connectivity index (χ4v) is 1.53. The van der Waals surface area contributed by atoms with Gasteiger partial charge in [-0.3, -0.25) is 0 Å². The van der Waals surface area contributed by atoms with Crippen LogP contribution in [0.15, 0.2) is 6.07 Å². The van der Waals surface area contributed by atoms with Gasteiger partial charge in [0.25, 0.3) is 6.43 Å². The zero-order valence-corrected chi connectivity index (χ0v) is 8.62. The van der Waals surface area contributed by atoms with Crippen LogP contribution in [0.4, 0.5) is 14.5 Å². The Bertz CT molecular complexity index is 320. The average Bonchev–Trinajstić information content (AvgIpc) is 2.02. The van der Waals surface area contributed by atoms with Gasteiger partial charge in [-0.1, -0.05) is 0 Å². The number of anilines is 1. The molecule has 1 rings (SSSR count). The molecule has 0 atom stereocenters. The first-order valence-electron chi connectivity index (χ1n) is 3.40. The van der Waals surface area contributed by atoms with Crippen LogP contribution in [-0.4, -0.2) is 10.1 Å². The molecule has 3 N–H and O–H groups in total. The number of aliphatic hydroxyl groups excluding tert-OH is 1. The highest BCUT2D eigenvalue weighted by molar-refractivity contribution is 14.1. The molecule has 0 amide bonds. The highest BCUT2D eigenvalue weighted by atomic mass is 127. The van der Waals surface area contributed by atoms with Crippen molar-refractivity contribution < 1.29 is 13.9 Å².